The maximum atomic E-state index is 11.6. The Hall–Kier alpha value is -0.390. The number of carboxylic acid groups (broad SMARTS) is 1. The molecule has 18 heavy (non-hydrogen) atoms. The van der Waals surface area contributed by atoms with Gasteiger partial charge in [0.1, 0.15) is 0 Å². The van der Waals surface area contributed by atoms with E-state index >= 15 is 0 Å². The van der Waals surface area contributed by atoms with Crippen LogP contribution in [0, 0.1) is 11.3 Å². The van der Waals surface area contributed by atoms with E-state index in [4.69, 9.17) is 0 Å². The van der Waals surface area contributed by atoms with Crippen LogP contribution in [-0.2, 0) is 11.3 Å². The Balaban J connectivity index is 1.75. The van der Waals surface area contributed by atoms with Gasteiger partial charge in [0, 0.05) is 29.5 Å². The fourth-order valence-electron chi connectivity index (χ4n) is 3.52. The van der Waals surface area contributed by atoms with Gasteiger partial charge in [0.2, 0.25) is 0 Å². The molecule has 0 unspecified atom stereocenters. The van der Waals surface area contributed by atoms with Crippen LogP contribution in [0.2, 0.25) is 0 Å². The molecule has 1 saturated carbocycles. The van der Waals surface area contributed by atoms with Crippen LogP contribution < -0.4 is 0 Å². The summed E-state index contributed by atoms with van der Waals surface area (Å²) in [5.74, 6) is -0.232. The van der Waals surface area contributed by atoms with Crippen molar-refractivity contribution in [2.75, 3.05) is 13.1 Å². The average molecular weight is 330 g/mol. The van der Waals surface area contributed by atoms with Crippen LogP contribution in [0.3, 0.4) is 0 Å². The van der Waals surface area contributed by atoms with Crippen molar-refractivity contribution >= 4 is 33.2 Å². The summed E-state index contributed by atoms with van der Waals surface area (Å²) in [6, 6.07) is 0. The summed E-state index contributed by atoms with van der Waals surface area (Å²) in [5.41, 5.74) is 0.822. The van der Waals surface area contributed by atoms with Crippen LogP contribution in [0.4, 0.5) is 0 Å². The minimum absolute atomic E-state index is 0.354. The fraction of sp³-hybridized carbons (Fsp3) is 0.615. The van der Waals surface area contributed by atoms with E-state index in [0.717, 1.165) is 43.4 Å². The van der Waals surface area contributed by atoms with E-state index in [-0.39, 0.29) is 0 Å². The monoisotopic (exact) mass is 329 g/mol. The molecule has 3 nitrogen and oxygen atoms in total. The first kappa shape index (κ1) is 12.6. The highest BCUT2D eigenvalue weighted by atomic mass is 79.9. The summed E-state index contributed by atoms with van der Waals surface area (Å²) in [6.07, 6.45) is 3.01. The van der Waals surface area contributed by atoms with Gasteiger partial charge in [0.15, 0.2) is 0 Å². The molecule has 1 N–H and O–H groups in total. The summed E-state index contributed by atoms with van der Waals surface area (Å²) in [7, 11) is 0. The highest BCUT2D eigenvalue weighted by Crippen LogP contribution is 2.49. The quantitative estimate of drug-likeness (QED) is 0.925. The van der Waals surface area contributed by atoms with Gasteiger partial charge in [-0.05, 0) is 45.6 Å². The lowest BCUT2D eigenvalue weighted by Gasteiger charge is -2.23. The number of nitrogens with zero attached hydrogens (tertiary/aromatic N) is 1. The van der Waals surface area contributed by atoms with Gasteiger partial charge in [-0.25, -0.2) is 0 Å². The van der Waals surface area contributed by atoms with Crippen LogP contribution in [0.5, 0.6) is 0 Å². The fourth-order valence-corrected chi connectivity index (χ4v) is 4.94. The number of fused-ring (bicyclic) bond motifs is 1. The van der Waals surface area contributed by atoms with Crippen molar-refractivity contribution < 1.29 is 9.90 Å². The van der Waals surface area contributed by atoms with Gasteiger partial charge in [-0.3, -0.25) is 9.69 Å². The number of carbonyl (C=O) groups is 1. The van der Waals surface area contributed by atoms with Crippen LogP contribution >= 0.6 is 27.3 Å². The maximum absolute atomic E-state index is 11.6. The van der Waals surface area contributed by atoms with Crippen molar-refractivity contribution in [3.63, 3.8) is 0 Å². The third-order valence-electron chi connectivity index (χ3n) is 4.45. The molecular formula is C13H16BrNO2S. The lowest BCUT2D eigenvalue weighted by molar-refractivity contribution is -0.149. The number of thiophene rings is 1. The maximum Gasteiger partial charge on any atom is 0.311 e. The molecule has 1 aliphatic heterocycles. The van der Waals surface area contributed by atoms with Crippen molar-refractivity contribution in [1.82, 2.24) is 4.90 Å². The molecule has 98 valence electrons. The Kier molecular flexibility index (Phi) is 3.24. The summed E-state index contributed by atoms with van der Waals surface area (Å²) in [6.45, 7) is 2.53. The Labute approximate surface area is 119 Å². The van der Waals surface area contributed by atoms with Crippen molar-refractivity contribution in [3.05, 3.63) is 20.8 Å². The molecule has 2 aliphatic rings. The van der Waals surface area contributed by atoms with Crippen LogP contribution in [0.15, 0.2) is 15.2 Å². The SMILES string of the molecule is O=C(O)[C@@]12CCC[C@H]1CN(Cc1cscc1Br)C2. The lowest BCUT2D eigenvalue weighted by Crippen LogP contribution is -2.35. The van der Waals surface area contributed by atoms with Crippen LogP contribution in [0.1, 0.15) is 24.8 Å². The van der Waals surface area contributed by atoms with Gasteiger partial charge in [-0.1, -0.05) is 6.42 Å². The molecule has 0 aromatic carbocycles. The van der Waals surface area contributed by atoms with Gasteiger partial charge in [0.05, 0.1) is 5.41 Å². The number of halogens is 1. The van der Waals surface area contributed by atoms with E-state index in [1.54, 1.807) is 11.3 Å². The molecule has 1 saturated heterocycles. The molecule has 2 heterocycles. The first-order valence-electron chi connectivity index (χ1n) is 6.28. The summed E-state index contributed by atoms with van der Waals surface area (Å²) < 4.78 is 1.15. The number of aliphatic carboxylic acids is 1. The van der Waals surface area contributed by atoms with E-state index in [2.05, 4.69) is 31.6 Å². The van der Waals surface area contributed by atoms with E-state index in [1.807, 2.05) is 0 Å². The normalized spacial score (nSPS) is 31.7. The first-order valence-corrected chi connectivity index (χ1v) is 8.02. The standard InChI is InChI=1S/C13H16BrNO2S/c14-11-7-18-6-9(11)4-15-5-10-2-1-3-13(10,8-15)12(16)17/h6-7,10H,1-5,8H2,(H,16,17)/t10-,13+/m0/s1. The van der Waals surface area contributed by atoms with E-state index < -0.39 is 11.4 Å². The third kappa shape index (κ3) is 1.92. The predicted octanol–water partition coefficient (Wildman–Crippen LogP) is 3.20. The van der Waals surface area contributed by atoms with Crippen molar-refractivity contribution in [3.8, 4) is 0 Å². The molecule has 0 spiro atoms. The molecule has 2 fully saturated rings. The van der Waals surface area contributed by atoms with Crippen molar-refractivity contribution in [2.45, 2.75) is 25.8 Å². The highest BCUT2D eigenvalue weighted by Gasteiger charge is 2.54. The number of rotatable bonds is 3. The second-order valence-electron chi connectivity index (χ2n) is 5.47. The van der Waals surface area contributed by atoms with Crippen molar-refractivity contribution in [1.29, 1.82) is 0 Å². The van der Waals surface area contributed by atoms with Crippen LogP contribution in [-0.4, -0.2) is 29.1 Å². The van der Waals surface area contributed by atoms with Gasteiger partial charge in [0.25, 0.3) is 0 Å². The van der Waals surface area contributed by atoms with Crippen LogP contribution in [0.25, 0.3) is 0 Å². The van der Waals surface area contributed by atoms with Crippen molar-refractivity contribution in [2.24, 2.45) is 11.3 Å². The molecule has 1 aliphatic carbocycles. The molecule has 2 atom stereocenters. The first-order chi connectivity index (χ1) is 8.62. The Morgan fingerprint density at radius 1 is 1.61 bits per heavy atom. The van der Waals surface area contributed by atoms with E-state index in [0.29, 0.717) is 5.92 Å². The molecule has 3 rings (SSSR count). The number of hydrogen-bond donors (Lipinski definition) is 1. The minimum atomic E-state index is -0.586. The zero-order valence-corrected chi connectivity index (χ0v) is 12.5. The number of likely N-dealkylation sites (tertiary alicyclic amines) is 1. The summed E-state index contributed by atoms with van der Waals surface area (Å²) in [5, 5.41) is 13.8. The lowest BCUT2D eigenvalue weighted by atomic mass is 9.81. The van der Waals surface area contributed by atoms with Gasteiger partial charge < -0.3 is 5.11 Å². The Morgan fingerprint density at radius 2 is 2.44 bits per heavy atom. The van der Waals surface area contributed by atoms with Gasteiger partial charge in [-0.2, -0.15) is 11.3 Å². The molecule has 0 amide bonds. The molecule has 1 aromatic heterocycles. The Morgan fingerprint density at radius 3 is 3.06 bits per heavy atom. The second-order valence-corrected chi connectivity index (χ2v) is 7.06. The Bertz CT molecular complexity index is 475. The van der Waals surface area contributed by atoms with E-state index in [1.165, 1.54) is 5.56 Å². The topological polar surface area (TPSA) is 40.5 Å². The largest absolute Gasteiger partial charge is 0.481 e. The zero-order valence-electron chi connectivity index (χ0n) is 10.1. The van der Waals surface area contributed by atoms with Gasteiger partial charge >= 0.3 is 5.97 Å². The summed E-state index contributed by atoms with van der Waals surface area (Å²) in [4.78, 5) is 13.9. The zero-order chi connectivity index (χ0) is 12.8. The van der Waals surface area contributed by atoms with Gasteiger partial charge in [-0.15, -0.1) is 0 Å². The average Bonchev–Trinajstić information content (AvgIpc) is 2.94. The highest BCUT2D eigenvalue weighted by molar-refractivity contribution is 9.10. The number of hydrogen-bond acceptors (Lipinski definition) is 3. The molecular weight excluding hydrogens is 314 g/mol. The second kappa shape index (κ2) is 4.62. The smallest absolute Gasteiger partial charge is 0.311 e. The minimum Gasteiger partial charge on any atom is -0.481 e. The molecule has 0 radical (unpaired) electrons. The third-order valence-corrected chi connectivity index (χ3v) is 6.28. The predicted molar refractivity (Wildman–Crippen MR) is 74.7 cm³/mol. The molecule has 0 bridgehead atoms. The van der Waals surface area contributed by atoms with E-state index in [9.17, 15) is 9.90 Å². The number of carboxylic acids is 1. The molecule has 1 aromatic rings. The molecule has 5 heteroatoms. The summed E-state index contributed by atoms with van der Waals surface area (Å²) >= 11 is 5.23.